The zero-order valence-corrected chi connectivity index (χ0v) is 19.5. The fourth-order valence-electron chi connectivity index (χ4n) is 4.44. The smallest absolute Gasteiger partial charge is 0.326 e. The Kier molecular flexibility index (Phi) is 8.27. The Morgan fingerprint density at radius 1 is 1.18 bits per heavy atom. The number of aromatic amines is 1. The third-order valence-electron chi connectivity index (χ3n) is 6.08. The van der Waals surface area contributed by atoms with E-state index in [-0.39, 0.29) is 18.9 Å². The van der Waals surface area contributed by atoms with Crippen LogP contribution in [0.2, 0.25) is 0 Å². The highest BCUT2D eigenvalue weighted by Gasteiger charge is 2.38. The maximum absolute atomic E-state index is 13.5. The number of likely N-dealkylation sites (tertiary alicyclic amines) is 1. The number of aromatic nitrogens is 1. The molecule has 3 unspecified atom stereocenters. The summed E-state index contributed by atoms with van der Waals surface area (Å²) < 4.78 is 0. The van der Waals surface area contributed by atoms with E-state index in [0.717, 1.165) is 16.5 Å². The molecule has 2 heterocycles. The summed E-state index contributed by atoms with van der Waals surface area (Å²) in [5.74, 6) is -2.37. The molecule has 10 heteroatoms. The minimum Gasteiger partial charge on any atom is -0.480 e. The first-order chi connectivity index (χ1) is 16.2. The van der Waals surface area contributed by atoms with Gasteiger partial charge in [0.2, 0.25) is 17.7 Å². The predicted molar refractivity (Wildman–Crippen MR) is 127 cm³/mol. The minimum atomic E-state index is -1.06. The molecule has 1 saturated heterocycles. The number of nitrogens with two attached hydrogens (primary N) is 1. The average Bonchev–Trinajstić information content (AvgIpc) is 3.45. The number of rotatable bonds is 10. The molecule has 3 rings (SSSR count). The fraction of sp³-hybridized carbons (Fsp3) is 0.500. The van der Waals surface area contributed by atoms with E-state index < -0.39 is 41.8 Å². The van der Waals surface area contributed by atoms with Crippen molar-refractivity contribution >= 4 is 34.6 Å². The number of benzene rings is 1. The Morgan fingerprint density at radius 3 is 2.59 bits per heavy atom. The second-order valence-corrected chi connectivity index (χ2v) is 9.11. The van der Waals surface area contributed by atoms with Crippen LogP contribution in [0.15, 0.2) is 30.5 Å². The van der Waals surface area contributed by atoms with E-state index >= 15 is 0 Å². The number of H-pyrrole nitrogens is 1. The molecule has 10 nitrogen and oxygen atoms in total. The Labute approximate surface area is 198 Å². The Hall–Kier alpha value is -3.40. The number of amides is 3. The van der Waals surface area contributed by atoms with Gasteiger partial charge in [-0.05, 0) is 36.8 Å². The predicted octanol–water partition coefficient (Wildman–Crippen LogP) is 0.760. The normalized spacial score (nSPS) is 17.5. The average molecular weight is 472 g/mol. The third-order valence-corrected chi connectivity index (χ3v) is 6.08. The molecule has 0 spiro atoms. The Bertz CT molecular complexity index is 1050. The molecule has 0 radical (unpaired) electrons. The van der Waals surface area contributed by atoms with Crippen LogP contribution in [0.25, 0.3) is 10.9 Å². The number of para-hydroxylation sites is 1. The molecule has 0 bridgehead atoms. The number of hydrogen-bond donors (Lipinski definition) is 5. The van der Waals surface area contributed by atoms with E-state index in [1.165, 1.54) is 4.90 Å². The second-order valence-electron chi connectivity index (χ2n) is 9.11. The van der Waals surface area contributed by atoms with E-state index in [2.05, 4.69) is 15.6 Å². The van der Waals surface area contributed by atoms with Crippen molar-refractivity contribution in [1.82, 2.24) is 20.5 Å². The van der Waals surface area contributed by atoms with E-state index in [0.29, 0.717) is 25.8 Å². The van der Waals surface area contributed by atoms with Crippen LogP contribution in [0.3, 0.4) is 0 Å². The van der Waals surface area contributed by atoms with Gasteiger partial charge in [-0.25, -0.2) is 4.79 Å². The van der Waals surface area contributed by atoms with Gasteiger partial charge in [-0.2, -0.15) is 0 Å². The van der Waals surface area contributed by atoms with Gasteiger partial charge in [-0.3, -0.25) is 14.4 Å². The van der Waals surface area contributed by atoms with Crippen molar-refractivity contribution in [2.75, 3.05) is 13.1 Å². The van der Waals surface area contributed by atoms with Gasteiger partial charge in [0, 0.05) is 30.1 Å². The van der Waals surface area contributed by atoms with Gasteiger partial charge < -0.3 is 31.4 Å². The molecule has 1 aromatic carbocycles. The van der Waals surface area contributed by atoms with Gasteiger partial charge in [-0.15, -0.1) is 0 Å². The number of hydrogen-bond acceptors (Lipinski definition) is 5. The zero-order chi connectivity index (χ0) is 24.8. The van der Waals surface area contributed by atoms with E-state index in [9.17, 15) is 24.3 Å². The summed E-state index contributed by atoms with van der Waals surface area (Å²) in [4.78, 5) is 54.8. The van der Waals surface area contributed by atoms with Crippen molar-refractivity contribution < 1.29 is 24.3 Å². The monoisotopic (exact) mass is 471 g/mol. The van der Waals surface area contributed by atoms with Gasteiger partial charge >= 0.3 is 5.97 Å². The van der Waals surface area contributed by atoms with Crippen molar-refractivity contribution in [3.8, 4) is 0 Å². The highest BCUT2D eigenvalue weighted by molar-refractivity contribution is 5.94. The molecular weight excluding hydrogens is 438 g/mol. The topological polar surface area (TPSA) is 158 Å². The van der Waals surface area contributed by atoms with Crippen LogP contribution < -0.4 is 16.4 Å². The van der Waals surface area contributed by atoms with Crippen LogP contribution in [0.1, 0.15) is 38.7 Å². The van der Waals surface area contributed by atoms with Crippen LogP contribution >= 0.6 is 0 Å². The number of fused-ring (bicyclic) bond motifs is 1. The number of carbonyl (C=O) groups excluding carboxylic acids is 3. The van der Waals surface area contributed by atoms with Crippen molar-refractivity contribution in [3.63, 3.8) is 0 Å². The molecule has 2 aromatic rings. The maximum Gasteiger partial charge on any atom is 0.326 e. The quantitative estimate of drug-likeness (QED) is 0.344. The molecule has 1 aliphatic rings. The standard InChI is InChI=1S/C24H33N5O5/c1-14(2)10-18(27-21(30)12-25)22(31)28-19(23(32)29-9-5-8-20(29)24(33)34)11-15-13-26-17-7-4-3-6-16(15)17/h3-4,6-7,13-14,18-20,26H,5,8-12,25H2,1-2H3,(H,27,30)(H,28,31)(H,33,34). The molecule has 34 heavy (non-hydrogen) atoms. The number of carbonyl (C=O) groups is 4. The molecule has 1 aliphatic heterocycles. The van der Waals surface area contributed by atoms with Gasteiger partial charge in [-0.1, -0.05) is 32.0 Å². The summed E-state index contributed by atoms with van der Waals surface area (Å²) in [6, 6.07) is 4.85. The maximum atomic E-state index is 13.5. The lowest BCUT2D eigenvalue weighted by atomic mass is 10.00. The molecule has 0 saturated carbocycles. The van der Waals surface area contributed by atoms with E-state index in [4.69, 9.17) is 5.73 Å². The Morgan fingerprint density at radius 2 is 1.91 bits per heavy atom. The largest absolute Gasteiger partial charge is 0.480 e. The second kappa shape index (κ2) is 11.1. The first kappa shape index (κ1) is 25.2. The molecule has 6 N–H and O–H groups in total. The van der Waals surface area contributed by atoms with Crippen LogP contribution in [-0.2, 0) is 25.6 Å². The number of nitrogens with zero attached hydrogens (tertiary/aromatic N) is 1. The number of carboxylic acids is 1. The highest BCUT2D eigenvalue weighted by atomic mass is 16.4. The van der Waals surface area contributed by atoms with E-state index in [1.807, 2.05) is 38.1 Å². The van der Waals surface area contributed by atoms with Crippen LogP contribution in [0, 0.1) is 5.92 Å². The zero-order valence-electron chi connectivity index (χ0n) is 19.5. The molecular formula is C24H33N5O5. The number of aliphatic carboxylic acids is 1. The molecule has 184 valence electrons. The lowest BCUT2D eigenvalue weighted by Gasteiger charge is -2.29. The van der Waals surface area contributed by atoms with E-state index in [1.54, 1.807) is 6.20 Å². The van der Waals surface area contributed by atoms with Crippen molar-refractivity contribution in [2.45, 2.75) is 57.7 Å². The van der Waals surface area contributed by atoms with Gasteiger partial charge in [0.1, 0.15) is 18.1 Å². The molecule has 3 amide bonds. The molecule has 1 aromatic heterocycles. The summed E-state index contributed by atoms with van der Waals surface area (Å²) in [5, 5.41) is 15.9. The third kappa shape index (κ3) is 5.93. The summed E-state index contributed by atoms with van der Waals surface area (Å²) in [6.07, 6.45) is 3.29. The van der Waals surface area contributed by atoms with Crippen LogP contribution in [0.5, 0.6) is 0 Å². The first-order valence-electron chi connectivity index (χ1n) is 11.6. The summed E-state index contributed by atoms with van der Waals surface area (Å²) >= 11 is 0. The first-order valence-corrected chi connectivity index (χ1v) is 11.6. The summed E-state index contributed by atoms with van der Waals surface area (Å²) in [7, 11) is 0. The van der Waals surface area contributed by atoms with Gasteiger partial charge in [0.15, 0.2) is 0 Å². The van der Waals surface area contributed by atoms with Crippen molar-refractivity contribution in [1.29, 1.82) is 0 Å². The van der Waals surface area contributed by atoms with Crippen LogP contribution in [0.4, 0.5) is 0 Å². The van der Waals surface area contributed by atoms with Gasteiger partial charge in [0.25, 0.3) is 0 Å². The summed E-state index contributed by atoms with van der Waals surface area (Å²) in [6.45, 7) is 3.90. The fourth-order valence-corrected chi connectivity index (χ4v) is 4.44. The number of nitrogens with one attached hydrogen (secondary N) is 3. The van der Waals surface area contributed by atoms with Crippen molar-refractivity contribution in [3.05, 3.63) is 36.0 Å². The molecule has 0 aliphatic carbocycles. The molecule has 1 fully saturated rings. The SMILES string of the molecule is CC(C)CC(NC(=O)CN)C(=O)NC(Cc1c[nH]c2ccccc12)C(=O)N1CCCC1C(=O)O. The van der Waals surface area contributed by atoms with Crippen LogP contribution in [-0.4, -0.2) is 69.9 Å². The minimum absolute atomic E-state index is 0.103. The lowest BCUT2D eigenvalue weighted by Crippen LogP contribution is -2.57. The molecule has 3 atom stereocenters. The van der Waals surface area contributed by atoms with Gasteiger partial charge in [0.05, 0.1) is 6.54 Å². The summed E-state index contributed by atoms with van der Waals surface area (Å²) in [5.41, 5.74) is 7.13. The lowest BCUT2D eigenvalue weighted by molar-refractivity contribution is -0.149. The highest BCUT2D eigenvalue weighted by Crippen LogP contribution is 2.23. The van der Waals surface area contributed by atoms with Crippen molar-refractivity contribution in [2.24, 2.45) is 11.7 Å². The Balaban J connectivity index is 1.88. The number of carboxylic acid groups (broad SMARTS) is 1.